The molecule has 37 heavy (non-hydrogen) atoms. The zero-order chi connectivity index (χ0) is 26.5. The second kappa shape index (κ2) is 8.98. The van der Waals surface area contributed by atoms with E-state index in [0.717, 1.165) is 6.07 Å². The van der Waals surface area contributed by atoms with E-state index in [4.69, 9.17) is 9.47 Å². The van der Waals surface area contributed by atoms with Gasteiger partial charge in [0.1, 0.15) is 23.3 Å². The van der Waals surface area contributed by atoms with Gasteiger partial charge in [0.15, 0.2) is 6.17 Å². The van der Waals surface area contributed by atoms with E-state index >= 15 is 0 Å². The van der Waals surface area contributed by atoms with Crippen LogP contribution in [-0.2, 0) is 12.0 Å². The van der Waals surface area contributed by atoms with Gasteiger partial charge >= 0.3 is 6.18 Å². The molecule has 194 valence electrons. The van der Waals surface area contributed by atoms with E-state index in [1.54, 1.807) is 31.2 Å². The number of methoxy groups -OCH3 is 1. The Bertz CT molecular complexity index is 1350. The lowest BCUT2D eigenvalue weighted by Gasteiger charge is -2.44. The second-order valence-corrected chi connectivity index (χ2v) is 9.11. The minimum absolute atomic E-state index is 0.0184. The quantitative estimate of drug-likeness (QED) is 0.509. The normalized spacial score (nSPS) is 22.8. The number of halogens is 4. The third-order valence-corrected chi connectivity index (χ3v) is 6.74. The van der Waals surface area contributed by atoms with Crippen LogP contribution in [0.4, 0.5) is 23.2 Å². The smallest absolute Gasteiger partial charge is 0.424 e. The first-order valence-corrected chi connectivity index (χ1v) is 11.5. The van der Waals surface area contributed by atoms with Gasteiger partial charge in [-0.3, -0.25) is 9.78 Å². The van der Waals surface area contributed by atoms with Crippen molar-refractivity contribution in [2.75, 3.05) is 18.6 Å². The Morgan fingerprint density at radius 1 is 1.16 bits per heavy atom. The van der Waals surface area contributed by atoms with Crippen LogP contribution in [0.3, 0.4) is 0 Å². The molecule has 0 saturated carbocycles. The van der Waals surface area contributed by atoms with Crippen molar-refractivity contribution >= 4 is 11.6 Å². The van der Waals surface area contributed by atoms with Crippen molar-refractivity contribution < 1.29 is 36.9 Å². The Morgan fingerprint density at radius 3 is 2.59 bits per heavy atom. The number of benzene rings is 2. The maximum Gasteiger partial charge on any atom is 0.424 e. The molecule has 0 bridgehead atoms. The number of amides is 1. The van der Waals surface area contributed by atoms with Crippen molar-refractivity contribution in [1.29, 1.82) is 0 Å². The number of carbonyl (C=O) groups excluding carboxylic acids is 1. The third kappa shape index (κ3) is 4.16. The lowest BCUT2D eigenvalue weighted by molar-refractivity contribution is -0.302. The van der Waals surface area contributed by atoms with Crippen molar-refractivity contribution in [3.05, 3.63) is 76.9 Å². The topological polar surface area (TPSA) is 84.8 Å². The summed E-state index contributed by atoms with van der Waals surface area (Å²) in [6, 6.07) is 9.24. The molecule has 1 aliphatic carbocycles. The highest BCUT2D eigenvalue weighted by Gasteiger charge is 2.68. The molecule has 2 aliphatic rings. The first-order valence-electron chi connectivity index (χ1n) is 11.5. The minimum atomic E-state index is -5.19. The molecular formula is C26H23F4N3O4. The van der Waals surface area contributed by atoms with Gasteiger partial charge in [-0.15, -0.1) is 0 Å². The highest BCUT2D eigenvalue weighted by molar-refractivity contribution is 6.05. The van der Waals surface area contributed by atoms with Gasteiger partial charge in [-0.25, -0.2) is 9.37 Å². The molecule has 1 aliphatic heterocycles. The van der Waals surface area contributed by atoms with Gasteiger partial charge < -0.3 is 19.5 Å². The van der Waals surface area contributed by atoms with Crippen LogP contribution in [0.5, 0.6) is 11.5 Å². The molecular weight excluding hydrogens is 494 g/mol. The fourth-order valence-electron chi connectivity index (χ4n) is 4.73. The van der Waals surface area contributed by atoms with Crippen LogP contribution in [0.15, 0.2) is 48.8 Å². The summed E-state index contributed by atoms with van der Waals surface area (Å²) in [7, 11) is 1.52. The van der Waals surface area contributed by atoms with Crippen molar-refractivity contribution in [1.82, 2.24) is 9.97 Å². The number of alkyl halides is 4. The number of hydrogen-bond donors (Lipinski definition) is 1. The van der Waals surface area contributed by atoms with Crippen LogP contribution in [0.1, 0.15) is 45.5 Å². The SMILES string of the molecule is COc1cccc(O[C@H]2CCc3cc4c(cc3N(C(=O)c3cnc(C)cn3)C2)C(F)C4(O)C(F)(F)F)c1. The number of ether oxygens (including phenoxy) is 2. The molecule has 2 aromatic carbocycles. The summed E-state index contributed by atoms with van der Waals surface area (Å²) in [5.41, 5.74) is -3.21. The molecule has 7 nitrogen and oxygen atoms in total. The lowest BCUT2D eigenvalue weighted by Crippen LogP contribution is -2.53. The second-order valence-electron chi connectivity index (χ2n) is 9.11. The number of carbonyl (C=O) groups is 1. The predicted molar refractivity (Wildman–Crippen MR) is 124 cm³/mol. The monoisotopic (exact) mass is 517 g/mol. The average molecular weight is 517 g/mol. The van der Waals surface area contributed by atoms with Crippen LogP contribution in [-0.4, -0.2) is 46.9 Å². The van der Waals surface area contributed by atoms with Gasteiger partial charge in [-0.05, 0) is 55.2 Å². The van der Waals surface area contributed by atoms with Crippen LogP contribution < -0.4 is 14.4 Å². The maximum absolute atomic E-state index is 14.7. The largest absolute Gasteiger partial charge is 0.497 e. The van der Waals surface area contributed by atoms with E-state index in [2.05, 4.69) is 9.97 Å². The highest BCUT2D eigenvalue weighted by Crippen LogP contribution is 2.60. The molecule has 1 aromatic heterocycles. The van der Waals surface area contributed by atoms with Crippen molar-refractivity contribution in [2.45, 2.75) is 43.8 Å². The Labute approximate surface area is 209 Å². The number of aromatic nitrogens is 2. The van der Waals surface area contributed by atoms with Crippen LogP contribution in [0.2, 0.25) is 0 Å². The summed E-state index contributed by atoms with van der Waals surface area (Å²) in [6.07, 6.45) is -5.12. The molecule has 2 heterocycles. The van der Waals surface area contributed by atoms with Crippen LogP contribution >= 0.6 is 0 Å². The standard InChI is InChI=1S/C26H23F4N3O4/c1-14-11-32-21(12-31-14)24(34)33-13-18(37-17-5-3-4-16(9-17)36-2)7-6-15-8-20-19(10-22(15)33)23(27)25(20,35)26(28,29)30/h3-5,8-12,18,23,35H,6-7,13H2,1-2H3/t18-,23?,25?/m0/s1. The summed E-state index contributed by atoms with van der Waals surface area (Å²) in [5.74, 6) is 0.493. The van der Waals surface area contributed by atoms with Crippen LogP contribution in [0, 0.1) is 6.92 Å². The number of hydrogen-bond acceptors (Lipinski definition) is 6. The maximum atomic E-state index is 14.7. The number of aryl methyl sites for hydroxylation is 2. The first-order chi connectivity index (χ1) is 17.5. The molecule has 0 spiro atoms. The molecule has 5 rings (SSSR count). The predicted octanol–water partition coefficient (Wildman–Crippen LogP) is 4.61. The zero-order valence-corrected chi connectivity index (χ0v) is 19.9. The molecule has 11 heteroatoms. The molecule has 0 saturated heterocycles. The lowest BCUT2D eigenvalue weighted by atomic mass is 9.70. The number of anilines is 1. The summed E-state index contributed by atoms with van der Waals surface area (Å²) < 4.78 is 66.7. The molecule has 1 N–H and O–H groups in total. The van der Waals surface area contributed by atoms with Crippen molar-refractivity contribution in [2.24, 2.45) is 0 Å². The van der Waals surface area contributed by atoms with Gasteiger partial charge in [0.2, 0.25) is 5.60 Å². The van der Waals surface area contributed by atoms with Gasteiger partial charge in [0.05, 0.1) is 25.5 Å². The average Bonchev–Trinajstić information content (AvgIpc) is 3.06. The Balaban J connectivity index is 1.55. The minimum Gasteiger partial charge on any atom is -0.497 e. The third-order valence-electron chi connectivity index (χ3n) is 6.74. The molecule has 2 unspecified atom stereocenters. The van der Waals surface area contributed by atoms with E-state index in [1.807, 2.05) is 0 Å². The van der Waals surface area contributed by atoms with E-state index < -0.39 is 35.5 Å². The van der Waals surface area contributed by atoms with Gasteiger partial charge in [-0.1, -0.05) is 6.07 Å². The molecule has 3 atom stereocenters. The van der Waals surface area contributed by atoms with E-state index in [1.165, 1.54) is 30.5 Å². The summed E-state index contributed by atoms with van der Waals surface area (Å²) >= 11 is 0. The van der Waals surface area contributed by atoms with Gasteiger partial charge in [0, 0.05) is 23.5 Å². The summed E-state index contributed by atoms with van der Waals surface area (Å²) in [4.78, 5) is 23.1. The molecule has 0 fully saturated rings. The van der Waals surface area contributed by atoms with E-state index in [0.29, 0.717) is 29.2 Å². The van der Waals surface area contributed by atoms with Crippen molar-refractivity contribution in [3.8, 4) is 11.5 Å². The van der Waals surface area contributed by atoms with Gasteiger partial charge in [-0.2, -0.15) is 13.2 Å². The molecule has 0 radical (unpaired) electrons. The van der Waals surface area contributed by atoms with E-state index in [9.17, 15) is 27.5 Å². The molecule has 3 aromatic rings. The number of rotatable bonds is 4. The van der Waals surface area contributed by atoms with Crippen molar-refractivity contribution in [3.63, 3.8) is 0 Å². The molecule has 1 amide bonds. The number of fused-ring (bicyclic) bond motifs is 2. The van der Waals surface area contributed by atoms with Gasteiger partial charge in [0.25, 0.3) is 5.91 Å². The summed E-state index contributed by atoms with van der Waals surface area (Å²) in [5, 5.41) is 10.2. The van der Waals surface area contributed by atoms with Crippen LogP contribution in [0.25, 0.3) is 0 Å². The zero-order valence-electron chi connectivity index (χ0n) is 19.9. The first kappa shape index (κ1) is 24.9. The number of aliphatic hydroxyl groups is 1. The summed E-state index contributed by atoms with van der Waals surface area (Å²) in [6.45, 7) is 1.74. The number of nitrogens with zero attached hydrogens (tertiary/aromatic N) is 3. The fraction of sp³-hybridized carbons (Fsp3) is 0.346. The highest BCUT2D eigenvalue weighted by atomic mass is 19.4. The Kier molecular flexibility index (Phi) is 6.06. The Morgan fingerprint density at radius 2 is 1.92 bits per heavy atom. The Hall–Kier alpha value is -3.73. The van der Waals surface area contributed by atoms with E-state index in [-0.39, 0.29) is 29.9 Å². The fourth-order valence-corrected chi connectivity index (χ4v) is 4.73.